The molecule has 0 heterocycles. The van der Waals surface area contributed by atoms with Crippen LogP contribution in [-0.4, -0.2) is 40.0 Å². The fourth-order valence-corrected chi connectivity index (χ4v) is 1.74. The number of carbonyl (C=O) groups is 3. The number of ketones is 1. The second-order valence-electron chi connectivity index (χ2n) is 4.82. The fraction of sp³-hybridized carbons (Fsp3) is 0.308. The molecular weight excluding hydrogens is 359 g/mol. The predicted molar refractivity (Wildman–Crippen MR) is 77.9 cm³/mol. The Kier molecular flexibility index (Phi) is 9.13. The first-order chi connectivity index (χ1) is 11.3. The molecule has 25 heavy (non-hydrogen) atoms. The van der Waals surface area contributed by atoms with Gasteiger partial charge in [0, 0.05) is 5.56 Å². The van der Waals surface area contributed by atoms with Crippen LogP contribution in [0.2, 0.25) is 0 Å². The van der Waals surface area contributed by atoms with Crippen LogP contribution in [-0.2, 0) is 20.6 Å². The van der Waals surface area contributed by atoms with E-state index >= 15 is 0 Å². The Hall–Kier alpha value is -2.14. The second kappa shape index (κ2) is 9.99. The van der Waals surface area contributed by atoms with Crippen LogP contribution in [0.15, 0.2) is 24.3 Å². The first-order valence-corrected chi connectivity index (χ1v) is 8.10. The van der Waals surface area contributed by atoms with Crippen LogP contribution in [0.5, 0.6) is 0 Å². The fourth-order valence-electron chi connectivity index (χ4n) is 1.74. The zero-order chi connectivity index (χ0) is 19.8. The molecule has 12 heteroatoms. The van der Waals surface area contributed by atoms with E-state index < -0.39 is 44.0 Å². The molecule has 0 spiro atoms. The lowest BCUT2D eigenvalue weighted by molar-refractivity contribution is -0.432. The van der Waals surface area contributed by atoms with Crippen LogP contribution in [0, 0.1) is 0 Å². The highest BCUT2D eigenvalue weighted by molar-refractivity contribution is 7.40. The van der Waals surface area contributed by atoms with E-state index in [0.29, 0.717) is 5.56 Å². The van der Waals surface area contributed by atoms with Crippen molar-refractivity contribution in [2.45, 2.75) is 24.9 Å². The lowest BCUT2D eigenvalue weighted by Crippen LogP contribution is -2.35. The van der Waals surface area contributed by atoms with Gasteiger partial charge in [-0.1, -0.05) is 24.3 Å². The van der Waals surface area contributed by atoms with E-state index in [0.717, 1.165) is 0 Å². The van der Waals surface area contributed by atoms with Crippen molar-refractivity contribution in [1.82, 2.24) is 0 Å². The van der Waals surface area contributed by atoms with Crippen molar-refractivity contribution in [3.8, 4) is 0 Å². The topological polar surface area (TPSA) is 230 Å². The number of rotatable bonds is 7. The number of Topliss-reactive ketones (excluding diaryl/α,β-unsaturated/α-hetero) is 1. The summed E-state index contributed by atoms with van der Waals surface area (Å²) < 4.78 is 8.55. The Bertz CT molecular complexity index is 665. The maximum atomic E-state index is 12.1. The Morgan fingerprint density at radius 1 is 1.04 bits per heavy atom. The molecule has 2 unspecified atom stereocenters. The van der Waals surface area contributed by atoms with Crippen LogP contribution in [0.4, 0.5) is 0 Å². The number of nitrogens with two attached hydrogens (primary N) is 2. The van der Waals surface area contributed by atoms with Crippen molar-refractivity contribution >= 4 is 25.5 Å². The molecule has 11 nitrogen and oxygen atoms in total. The van der Waals surface area contributed by atoms with Crippen molar-refractivity contribution in [3.63, 3.8) is 0 Å². The quantitative estimate of drug-likeness (QED) is 0.274. The summed E-state index contributed by atoms with van der Waals surface area (Å²) in [4.78, 5) is 59.0. The van der Waals surface area contributed by atoms with E-state index in [4.69, 9.17) is 40.9 Å². The van der Waals surface area contributed by atoms with Crippen molar-refractivity contribution in [2.24, 2.45) is 11.5 Å². The molecule has 0 radical (unpaired) electrons. The van der Waals surface area contributed by atoms with Crippen LogP contribution in [0.1, 0.15) is 22.3 Å². The number of benzene rings is 1. The lowest BCUT2D eigenvalue weighted by Gasteiger charge is -2.36. The summed E-state index contributed by atoms with van der Waals surface area (Å²) in [6.45, 7) is 0. The summed E-state index contributed by atoms with van der Waals surface area (Å²) >= 11 is 0. The molecule has 1 aromatic rings. The van der Waals surface area contributed by atoms with Gasteiger partial charge in [0.15, 0.2) is 5.78 Å². The van der Waals surface area contributed by atoms with Crippen LogP contribution in [0.25, 0.3) is 0 Å². The van der Waals surface area contributed by atoms with E-state index in [-0.39, 0.29) is 12.0 Å². The molecule has 0 saturated carbocycles. The number of carbonyl (C=O) groups excluding carboxylic acids is 1. The van der Waals surface area contributed by atoms with Crippen LogP contribution >= 0.6 is 7.82 Å². The van der Waals surface area contributed by atoms with Gasteiger partial charge in [0.1, 0.15) is 6.04 Å². The van der Waals surface area contributed by atoms with Gasteiger partial charge >= 0.3 is 11.9 Å². The van der Waals surface area contributed by atoms with Gasteiger partial charge in [-0.05, 0) is 12.0 Å². The number of hydrogen-bond acceptors (Lipinski definition) is 9. The Labute approximate surface area is 142 Å². The highest BCUT2D eigenvalue weighted by atomic mass is 31.2. The smallest absolute Gasteiger partial charge is 0.320 e. The van der Waals surface area contributed by atoms with Gasteiger partial charge in [-0.2, -0.15) is 7.82 Å². The third-order valence-corrected chi connectivity index (χ3v) is 2.77. The summed E-state index contributed by atoms with van der Waals surface area (Å²) in [5.74, 6) is -2.90. The molecule has 0 aliphatic carbocycles. The van der Waals surface area contributed by atoms with Gasteiger partial charge in [0.2, 0.25) is 0 Å². The number of carboxylic acid groups (broad SMARTS) is 2. The normalized spacial score (nSPS) is 13.2. The minimum absolute atomic E-state index is 0.0307. The standard InChI is InChI=1S/C13H16N2O5.H3O4P/c14-9(6-11(16)17)12(18)8-4-2-1-3-7(8)5-10(15)13(19)20;1-5(2,3)4/h1-4,9-10H,5-6,14-15H2,(H,16,17)(H,19,20);(H3,1,2,3,4)/p-3. The summed E-state index contributed by atoms with van der Waals surface area (Å²) in [5, 5.41) is 17.4. The Morgan fingerprint density at radius 2 is 1.52 bits per heavy atom. The third kappa shape index (κ3) is 10.4. The molecular formula is C13H16N2O9P-3. The van der Waals surface area contributed by atoms with Gasteiger partial charge in [-0.3, -0.25) is 14.4 Å². The zero-order valence-corrected chi connectivity index (χ0v) is 13.6. The minimum atomic E-state index is -5.39. The number of aliphatic carboxylic acids is 2. The molecule has 6 N–H and O–H groups in total. The lowest BCUT2D eigenvalue weighted by atomic mass is 9.94. The van der Waals surface area contributed by atoms with Crippen molar-refractivity contribution in [2.75, 3.05) is 0 Å². The summed E-state index contributed by atoms with van der Waals surface area (Å²) in [6, 6.07) is 3.98. The van der Waals surface area contributed by atoms with Gasteiger partial charge in [-0.15, -0.1) is 0 Å². The third-order valence-electron chi connectivity index (χ3n) is 2.77. The van der Waals surface area contributed by atoms with Crippen molar-refractivity contribution < 1.29 is 43.8 Å². The van der Waals surface area contributed by atoms with Crippen molar-refractivity contribution in [1.29, 1.82) is 0 Å². The number of carboxylic acids is 2. The molecule has 0 amide bonds. The summed E-state index contributed by atoms with van der Waals surface area (Å²) in [7, 11) is -5.39. The van der Waals surface area contributed by atoms with Gasteiger partial charge in [0.05, 0.1) is 12.5 Å². The average molecular weight is 375 g/mol. The molecule has 1 rings (SSSR count). The molecule has 0 aliphatic heterocycles. The first kappa shape index (κ1) is 22.9. The van der Waals surface area contributed by atoms with Crippen LogP contribution in [0.3, 0.4) is 0 Å². The largest absolute Gasteiger partial charge is 0.822 e. The average Bonchev–Trinajstić information content (AvgIpc) is 2.44. The highest BCUT2D eigenvalue weighted by Crippen LogP contribution is 2.14. The van der Waals surface area contributed by atoms with Gasteiger partial charge in [-0.25, -0.2) is 0 Å². The second-order valence-corrected chi connectivity index (χ2v) is 5.72. The number of hydrogen-bond donors (Lipinski definition) is 4. The molecule has 1 aromatic carbocycles. The van der Waals surface area contributed by atoms with E-state index in [1.807, 2.05) is 0 Å². The maximum absolute atomic E-state index is 12.1. The highest BCUT2D eigenvalue weighted by Gasteiger charge is 2.22. The molecule has 0 bridgehead atoms. The molecule has 0 saturated heterocycles. The SMILES string of the molecule is NC(Cc1ccccc1C(=O)C(N)CC(=O)O)C(=O)O.O=P([O-])([O-])[O-]. The van der Waals surface area contributed by atoms with Gasteiger partial charge in [0.25, 0.3) is 0 Å². The summed E-state index contributed by atoms with van der Waals surface area (Å²) in [5.41, 5.74) is 11.6. The van der Waals surface area contributed by atoms with Crippen molar-refractivity contribution in [3.05, 3.63) is 35.4 Å². The van der Waals surface area contributed by atoms with E-state index in [1.54, 1.807) is 18.2 Å². The molecule has 0 aliphatic rings. The van der Waals surface area contributed by atoms with E-state index in [9.17, 15) is 14.4 Å². The molecule has 2 atom stereocenters. The summed E-state index contributed by atoms with van der Waals surface area (Å²) in [6.07, 6.45) is -0.519. The first-order valence-electron chi connectivity index (χ1n) is 6.63. The Balaban J connectivity index is 0.00000101. The molecule has 140 valence electrons. The Morgan fingerprint density at radius 3 is 1.96 bits per heavy atom. The zero-order valence-electron chi connectivity index (χ0n) is 12.7. The predicted octanol–water partition coefficient (Wildman–Crippen LogP) is -3.20. The van der Waals surface area contributed by atoms with Gasteiger partial charge < -0.3 is 40.9 Å². The monoisotopic (exact) mass is 375 g/mol. The van der Waals surface area contributed by atoms with E-state index in [2.05, 4.69) is 0 Å². The maximum Gasteiger partial charge on any atom is 0.320 e. The van der Waals surface area contributed by atoms with Crippen LogP contribution < -0.4 is 26.1 Å². The molecule has 0 aromatic heterocycles. The van der Waals surface area contributed by atoms with E-state index in [1.165, 1.54) is 6.07 Å². The molecule has 0 fully saturated rings. The number of phosphoric acid groups is 1. The minimum Gasteiger partial charge on any atom is -0.822 e.